The van der Waals surface area contributed by atoms with Gasteiger partial charge >= 0.3 is 0 Å². The van der Waals surface area contributed by atoms with Gasteiger partial charge in [-0.1, -0.05) is 32.0 Å². The molecule has 6 heteroatoms. The second-order valence-electron chi connectivity index (χ2n) is 5.94. The number of rotatable bonds is 7. The van der Waals surface area contributed by atoms with Crippen molar-refractivity contribution in [3.63, 3.8) is 0 Å². The number of likely N-dealkylation sites (N-methyl/N-ethyl adjacent to an activating group) is 1. The van der Waals surface area contributed by atoms with Gasteiger partial charge < -0.3 is 20.4 Å². The summed E-state index contributed by atoms with van der Waals surface area (Å²) in [5.41, 5.74) is 1.31. The monoisotopic (exact) mass is 445 g/mol. The van der Waals surface area contributed by atoms with E-state index in [2.05, 4.69) is 69.6 Å². The molecule has 1 aliphatic heterocycles. The fourth-order valence-electron chi connectivity index (χ4n) is 3.01. The number of guanidine groups is 1. The molecule has 1 unspecified atom stereocenters. The molecule has 0 bridgehead atoms. The average molecular weight is 445 g/mol. The van der Waals surface area contributed by atoms with E-state index in [1.54, 1.807) is 0 Å². The Kier molecular flexibility index (Phi) is 10.1. The van der Waals surface area contributed by atoms with Crippen LogP contribution in [0, 0.1) is 0 Å². The van der Waals surface area contributed by atoms with Crippen LogP contribution in [0.15, 0.2) is 35.3 Å². The smallest absolute Gasteiger partial charge is 0.191 e. The van der Waals surface area contributed by atoms with Gasteiger partial charge in [-0.3, -0.25) is 4.99 Å². The fourth-order valence-corrected chi connectivity index (χ4v) is 3.01. The van der Waals surface area contributed by atoms with Gasteiger partial charge in [0, 0.05) is 45.0 Å². The first-order chi connectivity index (χ1) is 11.3. The van der Waals surface area contributed by atoms with Crippen molar-refractivity contribution in [1.29, 1.82) is 0 Å². The average Bonchev–Trinajstić information content (AvgIpc) is 3.07. The van der Waals surface area contributed by atoms with E-state index in [1.165, 1.54) is 5.69 Å². The Morgan fingerprint density at radius 3 is 2.58 bits per heavy atom. The van der Waals surface area contributed by atoms with E-state index >= 15 is 0 Å². The number of halogens is 1. The van der Waals surface area contributed by atoms with Crippen molar-refractivity contribution in [3.05, 3.63) is 30.3 Å². The Morgan fingerprint density at radius 2 is 1.96 bits per heavy atom. The van der Waals surface area contributed by atoms with Crippen molar-refractivity contribution in [2.75, 3.05) is 51.2 Å². The highest BCUT2D eigenvalue weighted by molar-refractivity contribution is 14.0. The van der Waals surface area contributed by atoms with Crippen molar-refractivity contribution in [1.82, 2.24) is 15.5 Å². The number of para-hydroxylation sites is 1. The van der Waals surface area contributed by atoms with Gasteiger partial charge in [-0.25, -0.2) is 0 Å². The van der Waals surface area contributed by atoms with Crippen molar-refractivity contribution in [3.8, 4) is 0 Å². The molecule has 2 N–H and O–H groups in total. The van der Waals surface area contributed by atoms with Gasteiger partial charge in [0.15, 0.2) is 5.96 Å². The molecule has 5 nitrogen and oxygen atoms in total. The topological polar surface area (TPSA) is 42.9 Å². The number of anilines is 1. The Balaban J connectivity index is 0.00000288. The van der Waals surface area contributed by atoms with Crippen LogP contribution in [-0.4, -0.2) is 63.2 Å². The molecule has 1 saturated heterocycles. The molecule has 136 valence electrons. The van der Waals surface area contributed by atoms with Gasteiger partial charge in [-0.15, -0.1) is 24.0 Å². The van der Waals surface area contributed by atoms with E-state index in [-0.39, 0.29) is 24.0 Å². The van der Waals surface area contributed by atoms with Gasteiger partial charge in [0.25, 0.3) is 0 Å². The standard InChI is InChI=1S/C18H31N5.HI/c1-4-22(5-2)14-12-20-18(19-3)21-16-11-13-23(15-16)17-9-7-6-8-10-17;/h6-10,16H,4-5,11-15H2,1-3H3,(H2,19,20,21);1H. The van der Waals surface area contributed by atoms with Gasteiger partial charge in [0.1, 0.15) is 0 Å². The first-order valence-corrected chi connectivity index (χ1v) is 8.76. The summed E-state index contributed by atoms with van der Waals surface area (Å²) < 4.78 is 0. The van der Waals surface area contributed by atoms with Crippen molar-refractivity contribution in [2.45, 2.75) is 26.3 Å². The number of nitrogens with one attached hydrogen (secondary N) is 2. The van der Waals surface area contributed by atoms with E-state index < -0.39 is 0 Å². The van der Waals surface area contributed by atoms with E-state index in [1.807, 2.05) is 7.05 Å². The van der Waals surface area contributed by atoms with Gasteiger partial charge in [0.2, 0.25) is 0 Å². The maximum atomic E-state index is 4.36. The summed E-state index contributed by atoms with van der Waals surface area (Å²) in [6.07, 6.45) is 1.14. The lowest BCUT2D eigenvalue weighted by Crippen LogP contribution is -2.46. The molecule has 0 radical (unpaired) electrons. The van der Waals surface area contributed by atoms with E-state index in [4.69, 9.17) is 0 Å². The number of hydrogen-bond donors (Lipinski definition) is 2. The third kappa shape index (κ3) is 6.47. The predicted molar refractivity (Wildman–Crippen MR) is 115 cm³/mol. The molecule has 1 aromatic carbocycles. The summed E-state index contributed by atoms with van der Waals surface area (Å²) in [6.45, 7) is 10.7. The van der Waals surface area contributed by atoms with Crippen molar-refractivity contribution < 1.29 is 0 Å². The molecule has 0 amide bonds. The van der Waals surface area contributed by atoms with Crippen LogP contribution >= 0.6 is 24.0 Å². The van der Waals surface area contributed by atoms with Crippen LogP contribution in [0.4, 0.5) is 5.69 Å². The van der Waals surface area contributed by atoms with E-state index in [9.17, 15) is 0 Å². The minimum Gasteiger partial charge on any atom is -0.369 e. The molecular weight excluding hydrogens is 413 g/mol. The molecule has 0 spiro atoms. The van der Waals surface area contributed by atoms with Crippen LogP contribution in [0.2, 0.25) is 0 Å². The Hall–Kier alpha value is -1.02. The summed E-state index contributed by atoms with van der Waals surface area (Å²) in [6, 6.07) is 11.1. The van der Waals surface area contributed by atoms with Gasteiger partial charge in [-0.05, 0) is 31.6 Å². The molecule has 1 atom stereocenters. The lowest BCUT2D eigenvalue weighted by molar-refractivity contribution is 0.308. The first-order valence-electron chi connectivity index (χ1n) is 8.76. The molecule has 0 aromatic heterocycles. The molecule has 0 saturated carbocycles. The molecule has 2 rings (SSSR count). The maximum Gasteiger partial charge on any atom is 0.191 e. The highest BCUT2D eigenvalue weighted by atomic mass is 127. The molecule has 0 aliphatic carbocycles. The van der Waals surface area contributed by atoms with Crippen molar-refractivity contribution >= 4 is 35.6 Å². The zero-order valence-corrected chi connectivity index (χ0v) is 17.5. The summed E-state index contributed by atoms with van der Waals surface area (Å²) in [7, 11) is 1.84. The SMILES string of the molecule is CCN(CC)CCNC(=NC)NC1CCN(c2ccccc2)C1.I. The number of hydrogen-bond acceptors (Lipinski definition) is 3. The normalized spacial score (nSPS) is 17.8. The van der Waals surface area contributed by atoms with Gasteiger partial charge in [0.05, 0.1) is 0 Å². The minimum atomic E-state index is 0. The summed E-state index contributed by atoms with van der Waals surface area (Å²) >= 11 is 0. The highest BCUT2D eigenvalue weighted by Crippen LogP contribution is 2.19. The Labute approximate surface area is 163 Å². The minimum absolute atomic E-state index is 0. The Bertz CT molecular complexity index is 476. The highest BCUT2D eigenvalue weighted by Gasteiger charge is 2.23. The van der Waals surface area contributed by atoms with E-state index in [0.29, 0.717) is 6.04 Å². The zero-order valence-electron chi connectivity index (χ0n) is 15.2. The predicted octanol–water partition coefficient (Wildman–Crippen LogP) is 2.39. The molecular formula is C18H32IN5. The van der Waals surface area contributed by atoms with Crippen LogP contribution in [-0.2, 0) is 0 Å². The van der Waals surface area contributed by atoms with Gasteiger partial charge in [-0.2, -0.15) is 0 Å². The van der Waals surface area contributed by atoms with Crippen molar-refractivity contribution in [2.24, 2.45) is 4.99 Å². The summed E-state index contributed by atoms with van der Waals surface area (Å²) in [5.74, 6) is 0.914. The van der Waals surface area contributed by atoms with Crippen LogP contribution in [0.1, 0.15) is 20.3 Å². The molecule has 1 heterocycles. The van der Waals surface area contributed by atoms with Crippen LogP contribution in [0.3, 0.4) is 0 Å². The fraction of sp³-hybridized carbons (Fsp3) is 0.611. The molecule has 1 aliphatic rings. The number of nitrogens with zero attached hydrogens (tertiary/aromatic N) is 3. The van der Waals surface area contributed by atoms with Crippen LogP contribution in [0.25, 0.3) is 0 Å². The lowest BCUT2D eigenvalue weighted by atomic mass is 10.3. The molecule has 1 fully saturated rings. The molecule has 24 heavy (non-hydrogen) atoms. The third-order valence-corrected chi connectivity index (χ3v) is 4.49. The number of aliphatic imine (C=N–C) groups is 1. The molecule has 1 aromatic rings. The quantitative estimate of drug-likeness (QED) is 0.385. The largest absolute Gasteiger partial charge is 0.369 e. The van der Waals surface area contributed by atoms with Crippen LogP contribution < -0.4 is 15.5 Å². The number of benzene rings is 1. The Morgan fingerprint density at radius 1 is 1.25 bits per heavy atom. The zero-order chi connectivity index (χ0) is 16.5. The summed E-state index contributed by atoms with van der Waals surface area (Å²) in [5, 5.41) is 6.98. The second kappa shape index (κ2) is 11.5. The van der Waals surface area contributed by atoms with E-state index in [0.717, 1.165) is 51.6 Å². The maximum absolute atomic E-state index is 4.36. The lowest BCUT2D eigenvalue weighted by Gasteiger charge is -2.22. The summed E-state index contributed by atoms with van der Waals surface area (Å²) in [4.78, 5) is 9.20. The third-order valence-electron chi connectivity index (χ3n) is 4.49. The first kappa shape index (κ1) is 21.0. The van der Waals surface area contributed by atoms with Crippen LogP contribution in [0.5, 0.6) is 0 Å². The second-order valence-corrected chi connectivity index (χ2v) is 5.94.